The number of nitrogens with zero attached hydrogens (tertiary/aromatic N) is 4. The minimum Gasteiger partial charge on any atom is -0.365 e. The number of hydrogen-bond donors (Lipinski definition) is 1. The molecule has 1 atom stereocenters. The van der Waals surface area contributed by atoms with Gasteiger partial charge in [0.05, 0.1) is 17.3 Å². The molecule has 3 rings (SSSR count). The molecule has 6 heteroatoms. The zero-order chi connectivity index (χ0) is 17.1. The lowest BCUT2D eigenvalue weighted by atomic mass is 10.0. The van der Waals surface area contributed by atoms with Crippen LogP contribution in [0.25, 0.3) is 11.3 Å². The van der Waals surface area contributed by atoms with Crippen LogP contribution in [0.5, 0.6) is 0 Å². The van der Waals surface area contributed by atoms with E-state index in [9.17, 15) is 5.26 Å². The maximum atomic E-state index is 9.32. The third-order valence-electron chi connectivity index (χ3n) is 4.32. The summed E-state index contributed by atoms with van der Waals surface area (Å²) in [5.74, 6) is 0.782. The van der Waals surface area contributed by atoms with Crippen LogP contribution in [0, 0.1) is 18.3 Å². The van der Waals surface area contributed by atoms with Crippen molar-refractivity contribution in [2.75, 3.05) is 25.5 Å². The van der Waals surface area contributed by atoms with Gasteiger partial charge in [0, 0.05) is 23.2 Å². The van der Waals surface area contributed by atoms with E-state index in [0.717, 1.165) is 42.1 Å². The van der Waals surface area contributed by atoms with Gasteiger partial charge < -0.3 is 10.2 Å². The average Bonchev–Trinajstić information content (AvgIpc) is 2.55. The Bertz CT molecular complexity index is 783. The molecule has 0 radical (unpaired) electrons. The molecular formula is C18H20ClN5. The summed E-state index contributed by atoms with van der Waals surface area (Å²) >= 11 is 5.97. The molecular weight excluding hydrogens is 322 g/mol. The first-order valence-corrected chi connectivity index (χ1v) is 8.44. The second-order valence-corrected chi connectivity index (χ2v) is 6.75. The normalized spacial score (nSPS) is 18.2. The SMILES string of the molecule is Cc1cc(N[C@@H]2CCCN(C)C2)nnc1-c1ccc(Cl)cc1C#N. The Balaban J connectivity index is 1.84. The van der Waals surface area contributed by atoms with E-state index < -0.39 is 0 Å². The Hall–Kier alpha value is -2.16. The summed E-state index contributed by atoms with van der Waals surface area (Å²) < 4.78 is 0. The number of halogens is 1. The summed E-state index contributed by atoms with van der Waals surface area (Å²) in [7, 11) is 2.14. The lowest BCUT2D eigenvalue weighted by Crippen LogP contribution is -2.39. The van der Waals surface area contributed by atoms with Crippen molar-refractivity contribution >= 4 is 17.4 Å². The fourth-order valence-corrected chi connectivity index (χ4v) is 3.30. The van der Waals surface area contributed by atoms with Gasteiger partial charge in [-0.1, -0.05) is 11.6 Å². The first kappa shape index (κ1) is 16.7. The van der Waals surface area contributed by atoms with Crippen LogP contribution >= 0.6 is 11.6 Å². The van der Waals surface area contributed by atoms with E-state index in [4.69, 9.17) is 11.6 Å². The summed E-state index contributed by atoms with van der Waals surface area (Å²) in [6, 6.07) is 9.81. The Morgan fingerprint density at radius 2 is 2.17 bits per heavy atom. The van der Waals surface area contributed by atoms with Crippen LogP contribution in [0.2, 0.25) is 5.02 Å². The van der Waals surface area contributed by atoms with E-state index in [1.165, 1.54) is 6.42 Å². The largest absolute Gasteiger partial charge is 0.365 e. The third-order valence-corrected chi connectivity index (χ3v) is 4.55. The third kappa shape index (κ3) is 3.66. The highest BCUT2D eigenvalue weighted by atomic mass is 35.5. The molecule has 1 saturated heterocycles. The smallest absolute Gasteiger partial charge is 0.149 e. The molecule has 1 N–H and O–H groups in total. The summed E-state index contributed by atoms with van der Waals surface area (Å²) in [6.07, 6.45) is 2.33. The molecule has 0 saturated carbocycles. The minimum absolute atomic E-state index is 0.397. The lowest BCUT2D eigenvalue weighted by molar-refractivity contribution is 0.260. The number of likely N-dealkylation sites (N-methyl/N-ethyl adjacent to an activating group) is 1. The summed E-state index contributed by atoms with van der Waals surface area (Å²) in [6.45, 7) is 4.14. The zero-order valence-electron chi connectivity index (χ0n) is 13.9. The first-order chi connectivity index (χ1) is 11.6. The fraction of sp³-hybridized carbons (Fsp3) is 0.389. The Labute approximate surface area is 147 Å². The van der Waals surface area contributed by atoms with Gasteiger partial charge in [0.2, 0.25) is 0 Å². The second kappa shape index (κ2) is 7.16. The topological polar surface area (TPSA) is 64.8 Å². The van der Waals surface area contributed by atoms with Gasteiger partial charge in [-0.3, -0.25) is 0 Å². The molecule has 124 valence electrons. The van der Waals surface area contributed by atoms with Crippen molar-refractivity contribution in [3.05, 3.63) is 40.4 Å². The maximum absolute atomic E-state index is 9.32. The number of hydrogen-bond acceptors (Lipinski definition) is 5. The average molecular weight is 342 g/mol. The molecule has 24 heavy (non-hydrogen) atoms. The van der Waals surface area contributed by atoms with E-state index >= 15 is 0 Å². The predicted molar refractivity (Wildman–Crippen MR) is 96.1 cm³/mol. The van der Waals surface area contributed by atoms with Crippen LogP contribution < -0.4 is 5.32 Å². The highest BCUT2D eigenvalue weighted by Gasteiger charge is 2.18. The van der Waals surface area contributed by atoms with Crippen LogP contribution in [0.15, 0.2) is 24.3 Å². The Kier molecular flexibility index (Phi) is 4.98. The molecule has 0 aliphatic carbocycles. The number of anilines is 1. The van der Waals surface area contributed by atoms with Crippen molar-refractivity contribution in [1.82, 2.24) is 15.1 Å². The summed E-state index contributed by atoms with van der Waals surface area (Å²) in [4.78, 5) is 2.32. The van der Waals surface area contributed by atoms with E-state index in [1.807, 2.05) is 19.1 Å². The molecule has 1 aliphatic heterocycles. The molecule has 5 nitrogen and oxygen atoms in total. The maximum Gasteiger partial charge on any atom is 0.149 e. The molecule has 1 aliphatic rings. The quantitative estimate of drug-likeness (QED) is 0.925. The van der Waals surface area contributed by atoms with Gasteiger partial charge in [0.1, 0.15) is 5.82 Å². The first-order valence-electron chi connectivity index (χ1n) is 8.06. The number of rotatable bonds is 3. The van der Waals surface area contributed by atoms with Crippen LogP contribution in [0.3, 0.4) is 0 Å². The zero-order valence-corrected chi connectivity index (χ0v) is 14.6. The standard InChI is InChI=1S/C18H20ClN5/c1-12-8-17(21-15-4-3-7-24(2)11-15)22-23-18(12)16-6-5-14(19)9-13(16)10-20/h5-6,8-9,15H,3-4,7,11H2,1-2H3,(H,21,22)/t15-/m1/s1. The predicted octanol–water partition coefficient (Wildman–Crippen LogP) is 3.48. The number of piperidine rings is 1. The number of nitrogens with one attached hydrogen (secondary N) is 1. The minimum atomic E-state index is 0.397. The second-order valence-electron chi connectivity index (χ2n) is 6.31. The monoisotopic (exact) mass is 341 g/mol. The molecule has 1 aromatic carbocycles. The molecule has 1 aromatic heterocycles. The lowest BCUT2D eigenvalue weighted by Gasteiger charge is -2.30. The number of nitriles is 1. The highest BCUT2D eigenvalue weighted by molar-refractivity contribution is 6.30. The van der Waals surface area contributed by atoms with Gasteiger partial charge in [-0.25, -0.2) is 0 Å². The number of likely N-dealkylation sites (tertiary alicyclic amines) is 1. The van der Waals surface area contributed by atoms with Crippen molar-refractivity contribution in [2.24, 2.45) is 0 Å². The van der Waals surface area contributed by atoms with Gasteiger partial charge in [0.25, 0.3) is 0 Å². The van der Waals surface area contributed by atoms with Gasteiger partial charge in [0.15, 0.2) is 0 Å². The summed E-state index contributed by atoms with van der Waals surface area (Å²) in [5, 5.41) is 22.0. The Morgan fingerprint density at radius 3 is 2.88 bits per heavy atom. The molecule has 2 heterocycles. The van der Waals surface area contributed by atoms with Crippen LogP contribution in [0.4, 0.5) is 5.82 Å². The van der Waals surface area contributed by atoms with Crippen molar-refractivity contribution in [2.45, 2.75) is 25.8 Å². The molecule has 0 unspecified atom stereocenters. The van der Waals surface area contributed by atoms with Crippen molar-refractivity contribution < 1.29 is 0 Å². The highest BCUT2D eigenvalue weighted by Crippen LogP contribution is 2.27. The van der Waals surface area contributed by atoms with Gasteiger partial charge in [-0.15, -0.1) is 10.2 Å². The van der Waals surface area contributed by atoms with Crippen molar-refractivity contribution in [3.63, 3.8) is 0 Å². The van der Waals surface area contributed by atoms with E-state index in [0.29, 0.717) is 16.6 Å². The molecule has 1 fully saturated rings. The Morgan fingerprint density at radius 1 is 1.33 bits per heavy atom. The van der Waals surface area contributed by atoms with Crippen molar-refractivity contribution in [1.29, 1.82) is 5.26 Å². The van der Waals surface area contributed by atoms with E-state index in [-0.39, 0.29) is 0 Å². The van der Waals surface area contributed by atoms with Gasteiger partial charge in [-0.05, 0) is 63.2 Å². The van der Waals surface area contributed by atoms with Crippen LogP contribution in [-0.2, 0) is 0 Å². The number of benzene rings is 1. The molecule has 0 spiro atoms. The number of aryl methyl sites for hydroxylation is 1. The van der Waals surface area contributed by atoms with E-state index in [2.05, 4.69) is 33.5 Å². The van der Waals surface area contributed by atoms with Crippen molar-refractivity contribution in [3.8, 4) is 17.3 Å². The molecule has 0 amide bonds. The summed E-state index contributed by atoms with van der Waals surface area (Å²) in [5.41, 5.74) is 2.97. The number of aromatic nitrogens is 2. The molecule has 2 aromatic rings. The van der Waals surface area contributed by atoms with Gasteiger partial charge >= 0.3 is 0 Å². The van der Waals surface area contributed by atoms with E-state index in [1.54, 1.807) is 12.1 Å². The van der Waals surface area contributed by atoms with Gasteiger partial charge in [-0.2, -0.15) is 5.26 Å². The fourth-order valence-electron chi connectivity index (χ4n) is 3.13. The molecule has 0 bridgehead atoms. The van der Waals surface area contributed by atoms with Crippen LogP contribution in [0.1, 0.15) is 24.0 Å². The van der Waals surface area contributed by atoms with Crippen LogP contribution in [-0.4, -0.2) is 41.3 Å².